The summed E-state index contributed by atoms with van der Waals surface area (Å²) in [7, 11) is 0. The Morgan fingerprint density at radius 1 is 1.52 bits per heavy atom. The number of hydrogen-bond acceptors (Lipinski definition) is 8. The maximum atomic E-state index is 12.6. The number of carbonyl (C=O) groups excluding carboxylic acids is 2. The fourth-order valence-electron chi connectivity index (χ4n) is 3.73. The number of nitro benzene ring substituents is 1. The molecule has 1 aromatic carbocycles. The molecule has 2 atom stereocenters. The van der Waals surface area contributed by atoms with E-state index in [1.54, 1.807) is 16.7 Å². The molecule has 0 saturated carbocycles. The fraction of sp³-hybridized carbons (Fsp3) is 0.529. The summed E-state index contributed by atoms with van der Waals surface area (Å²) < 4.78 is 16.0. The Balaban J connectivity index is 1.52. The third-order valence-electron chi connectivity index (χ3n) is 5.07. The summed E-state index contributed by atoms with van der Waals surface area (Å²) in [6, 6.07) is 2.10. The first-order chi connectivity index (χ1) is 12.9. The van der Waals surface area contributed by atoms with Crippen LogP contribution in [0, 0.1) is 10.1 Å². The molecule has 2 fully saturated rings. The average Bonchev–Trinajstić information content (AvgIpc) is 3.15. The van der Waals surface area contributed by atoms with E-state index >= 15 is 0 Å². The molecule has 0 aliphatic carbocycles. The number of hydrogen-bond donors (Lipinski definition) is 0. The number of nitro groups is 1. The molecule has 3 aliphatic rings. The van der Waals surface area contributed by atoms with Crippen molar-refractivity contribution in [1.82, 2.24) is 4.90 Å². The van der Waals surface area contributed by atoms with E-state index in [2.05, 4.69) is 0 Å². The van der Waals surface area contributed by atoms with Gasteiger partial charge >= 0.3 is 5.97 Å². The molecule has 144 valence electrons. The lowest BCUT2D eigenvalue weighted by atomic mass is 10.1. The van der Waals surface area contributed by atoms with Gasteiger partial charge in [0.15, 0.2) is 6.79 Å². The van der Waals surface area contributed by atoms with Gasteiger partial charge in [-0.05, 0) is 13.3 Å². The van der Waals surface area contributed by atoms with Crippen LogP contribution in [-0.4, -0.2) is 45.2 Å². The van der Waals surface area contributed by atoms with Crippen molar-refractivity contribution in [3.8, 4) is 5.75 Å². The summed E-state index contributed by atoms with van der Waals surface area (Å²) >= 11 is 1.58. The number of non-ortho nitro benzene ring substituents is 1. The van der Waals surface area contributed by atoms with Gasteiger partial charge in [0.1, 0.15) is 18.4 Å². The van der Waals surface area contributed by atoms with Gasteiger partial charge in [-0.3, -0.25) is 14.9 Å². The molecule has 2 saturated heterocycles. The largest absolute Gasteiger partial charge is 0.467 e. The summed E-state index contributed by atoms with van der Waals surface area (Å²) in [6.07, 6.45) is 1.14. The zero-order valence-corrected chi connectivity index (χ0v) is 15.5. The van der Waals surface area contributed by atoms with Crippen LogP contribution >= 0.6 is 11.8 Å². The molecular formula is C17H18N2O7S. The molecule has 3 heterocycles. The molecule has 3 aliphatic heterocycles. The molecule has 27 heavy (non-hydrogen) atoms. The highest BCUT2D eigenvalue weighted by Crippen LogP contribution is 2.47. The highest BCUT2D eigenvalue weighted by atomic mass is 32.2. The van der Waals surface area contributed by atoms with E-state index in [1.807, 2.05) is 6.92 Å². The van der Waals surface area contributed by atoms with Crippen molar-refractivity contribution in [3.63, 3.8) is 0 Å². The Bertz CT molecular complexity index is 830. The molecule has 0 N–H and O–H groups in total. The number of amides is 1. The SMILES string of the molecule is C[C@]12CCC(=O)N1[C@@H](C(=O)OCc1cc([N+](=O)[O-])cc3c1OCOC3)CS2. The molecule has 1 amide bonds. The summed E-state index contributed by atoms with van der Waals surface area (Å²) in [6.45, 7) is 2.02. The van der Waals surface area contributed by atoms with Gasteiger partial charge in [-0.25, -0.2) is 4.79 Å². The van der Waals surface area contributed by atoms with Crippen LogP contribution in [-0.2, 0) is 32.3 Å². The summed E-state index contributed by atoms with van der Waals surface area (Å²) in [5.41, 5.74) is 0.838. The third-order valence-corrected chi connectivity index (χ3v) is 6.57. The van der Waals surface area contributed by atoms with Gasteiger partial charge < -0.3 is 19.1 Å². The minimum atomic E-state index is -0.631. The lowest BCUT2D eigenvalue weighted by molar-refractivity contribution is -0.385. The average molecular weight is 394 g/mol. The zero-order valence-electron chi connectivity index (χ0n) is 14.6. The topological polar surface area (TPSA) is 108 Å². The van der Waals surface area contributed by atoms with Crippen LogP contribution in [0.1, 0.15) is 30.9 Å². The highest BCUT2D eigenvalue weighted by Gasteiger charge is 2.53. The Morgan fingerprint density at radius 3 is 3.11 bits per heavy atom. The third kappa shape index (κ3) is 3.12. The van der Waals surface area contributed by atoms with Crippen molar-refractivity contribution in [2.24, 2.45) is 0 Å². The van der Waals surface area contributed by atoms with Gasteiger partial charge in [-0.2, -0.15) is 0 Å². The van der Waals surface area contributed by atoms with E-state index in [0.717, 1.165) is 0 Å². The van der Waals surface area contributed by atoms with Crippen LogP contribution in [0.5, 0.6) is 5.75 Å². The fourth-order valence-corrected chi connectivity index (χ4v) is 5.15. The predicted molar refractivity (Wildman–Crippen MR) is 93.9 cm³/mol. The lowest BCUT2D eigenvalue weighted by Gasteiger charge is -2.29. The van der Waals surface area contributed by atoms with E-state index in [-0.39, 0.29) is 36.5 Å². The number of fused-ring (bicyclic) bond motifs is 2. The molecule has 0 unspecified atom stereocenters. The summed E-state index contributed by atoms with van der Waals surface area (Å²) in [5.74, 6) is 0.382. The number of carbonyl (C=O) groups is 2. The van der Waals surface area contributed by atoms with Crippen molar-refractivity contribution < 1.29 is 28.7 Å². The molecule has 0 bridgehead atoms. The van der Waals surface area contributed by atoms with E-state index < -0.39 is 16.9 Å². The number of rotatable bonds is 4. The van der Waals surface area contributed by atoms with Crippen LogP contribution in [0.3, 0.4) is 0 Å². The van der Waals surface area contributed by atoms with E-state index in [4.69, 9.17) is 14.2 Å². The van der Waals surface area contributed by atoms with E-state index in [0.29, 0.717) is 35.5 Å². The molecular weight excluding hydrogens is 376 g/mol. The molecule has 1 aromatic rings. The minimum absolute atomic E-state index is 0.0334. The monoisotopic (exact) mass is 394 g/mol. The van der Waals surface area contributed by atoms with Gasteiger partial charge in [0.2, 0.25) is 5.91 Å². The normalized spacial score (nSPS) is 26.3. The summed E-state index contributed by atoms with van der Waals surface area (Å²) in [4.78, 5) is 36.7. The predicted octanol–water partition coefficient (Wildman–Crippen LogP) is 1.96. The Morgan fingerprint density at radius 2 is 2.33 bits per heavy atom. The van der Waals surface area contributed by atoms with E-state index in [1.165, 1.54) is 12.1 Å². The van der Waals surface area contributed by atoms with Gasteiger partial charge in [-0.1, -0.05) is 0 Å². The minimum Gasteiger partial charge on any atom is -0.467 e. The summed E-state index contributed by atoms with van der Waals surface area (Å²) in [5, 5.41) is 11.2. The standard InChI is InChI=1S/C17H18N2O7S/c1-17-3-2-14(20)18(17)13(8-27-17)16(21)25-7-11-5-12(19(22)23)4-10-6-24-9-26-15(10)11/h4-5,13H,2-3,6-9H2,1H3/t13-,17+/m1/s1. The van der Waals surface area contributed by atoms with Gasteiger partial charge in [-0.15, -0.1) is 11.8 Å². The van der Waals surface area contributed by atoms with Gasteiger partial charge in [0.05, 0.1) is 16.4 Å². The quantitative estimate of drug-likeness (QED) is 0.433. The van der Waals surface area contributed by atoms with Crippen molar-refractivity contribution in [1.29, 1.82) is 0 Å². The maximum absolute atomic E-state index is 12.6. The molecule has 4 rings (SSSR count). The second kappa shape index (κ2) is 6.68. The van der Waals surface area contributed by atoms with E-state index in [9.17, 15) is 19.7 Å². The number of esters is 1. The van der Waals surface area contributed by atoms with Crippen LogP contribution in [0.2, 0.25) is 0 Å². The molecule has 10 heteroatoms. The van der Waals surface area contributed by atoms with Crippen LogP contribution in [0.15, 0.2) is 12.1 Å². The Hall–Kier alpha value is -2.33. The zero-order chi connectivity index (χ0) is 19.2. The van der Waals surface area contributed by atoms with Crippen LogP contribution in [0.25, 0.3) is 0 Å². The first kappa shape index (κ1) is 18.1. The maximum Gasteiger partial charge on any atom is 0.330 e. The Kier molecular flexibility index (Phi) is 4.47. The van der Waals surface area contributed by atoms with Gasteiger partial charge in [0.25, 0.3) is 5.69 Å². The number of thioether (sulfide) groups is 1. The smallest absolute Gasteiger partial charge is 0.330 e. The molecule has 0 radical (unpaired) electrons. The van der Waals surface area contributed by atoms with Crippen LogP contribution < -0.4 is 4.74 Å². The van der Waals surface area contributed by atoms with Gasteiger partial charge in [0, 0.05) is 35.4 Å². The number of ether oxygens (including phenoxy) is 3. The van der Waals surface area contributed by atoms with Crippen molar-refractivity contribution in [2.45, 2.75) is 43.9 Å². The van der Waals surface area contributed by atoms with Crippen molar-refractivity contribution in [2.75, 3.05) is 12.5 Å². The second-order valence-corrected chi connectivity index (χ2v) is 8.34. The molecule has 0 spiro atoms. The number of nitrogens with zero attached hydrogens (tertiary/aromatic N) is 2. The highest BCUT2D eigenvalue weighted by molar-refractivity contribution is 8.01. The second-order valence-electron chi connectivity index (χ2n) is 6.83. The first-order valence-electron chi connectivity index (χ1n) is 8.52. The molecule has 0 aromatic heterocycles. The Labute approximate surface area is 159 Å². The first-order valence-corrected chi connectivity index (χ1v) is 9.51. The van der Waals surface area contributed by atoms with Crippen molar-refractivity contribution in [3.05, 3.63) is 33.4 Å². The number of benzene rings is 1. The van der Waals surface area contributed by atoms with Crippen LogP contribution in [0.4, 0.5) is 5.69 Å². The molecule has 9 nitrogen and oxygen atoms in total. The van der Waals surface area contributed by atoms with Crippen molar-refractivity contribution >= 4 is 29.3 Å². The lowest BCUT2D eigenvalue weighted by Crippen LogP contribution is -2.46.